The quantitative estimate of drug-likeness (QED) is 0.265. The van der Waals surface area contributed by atoms with E-state index >= 15 is 0 Å². The van der Waals surface area contributed by atoms with E-state index in [0.717, 1.165) is 48.4 Å². The number of carbonyl (C=O) groups excluding carboxylic acids is 2. The second kappa shape index (κ2) is 12.0. The molecule has 13 heteroatoms. The van der Waals surface area contributed by atoms with Crippen molar-refractivity contribution in [2.45, 2.75) is 26.6 Å². The van der Waals surface area contributed by atoms with Crippen molar-refractivity contribution in [2.75, 3.05) is 66.4 Å². The number of halogens is 3. The Balaban J connectivity index is 1.31. The maximum atomic E-state index is 13.9. The number of ether oxygens (including phenoxy) is 1. The number of anilines is 4. The number of urea groups is 1. The summed E-state index contributed by atoms with van der Waals surface area (Å²) >= 11 is 0. The number of benzene rings is 2. The lowest BCUT2D eigenvalue weighted by molar-refractivity contribution is -0.137. The number of methoxy groups -OCH3 is 1. The number of piperazine rings is 1. The maximum Gasteiger partial charge on any atom is 0.416 e. The van der Waals surface area contributed by atoms with Gasteiger partial charge in [0, 0.05) is 85.1 Å². The van der Waals surface area contributed by atoms with Gasteiger partial charge in [-0.25, -0.2) is 9.78 Å². The Morgan fingerprint density at radius 3 is 2.49 bits per heavy atom. The van der Waals surface area contributed by atoms with Crippen LogP contribution < -0.4 is 24.8 Å². The van der Waals surface area contributed by atoms with Crippen LogP contribution in [-0.4, -0.2) is 73.2 Å². The first-order chi connectivity index (χ1) is 21.6. The van der Waals surface area contributed by atoms with Crippen molar-refractivity contribution in [1.29, 1.82) is 0 Å². The first-order valence-electron chi connectivity index (χ1n) is 14.8. The predicted octanol–water partition coefficient (Wildman–Crippen LogP) is 5.95. The Morgan fingerprint density at radius 1 is 1.02 bits per heavy atom. The molecule has 2 aromatic carbocycles. The monoisotopic (exact) mass is 621 g/mol. The van der Waals surface area contributed by atoms with Gasteiger partial charge in [0.05, 0.1) is 30.6 Å². The number of aromatic nitrogens is 2. The van der Waals surface area contributed by atoms with Crippen LogP contribution in [0.5, 0.6) is 5.75 Å². The number of H-pyrrole nitrogens is 1. The Labute approximate surface area is 258 Å². The fourth-order valence-electron chi connectivity index (χ4n) is 5.99. The van der Waals surface area contributed by atoms with E-state index in [4.69, 9.17) is 4.74 Å². The van der Waals surface area contributed by atoms with Gasteiger partial charge in [0.15, 0.2) is 0 Å². The summed E-state index contributed by atoms with van der Waals surface area (Å²) in [6.45, 7) is 7.99. The maximum absolute atomic E-state index is 13.9. The largest absolute Gasteiger partial charge is 0.497 e. The number of fused-ring (bicyclic) bond motifs is 3. The molecule has 2 aliphatic heterocycles. The number of amides is 3. The molecule has 1 fully saturated rings. The average molecular weight is 622 g/mol. The molecule has 0 unspecified atom stereocenters. The molecular formula is C32H34F3N7O3. The molecule has 0 radical (unpaired) electrons. The second-order valence-electron chi connectivity index (χ2n) is 11.0. The fraction of sp³-hybridized carbons (Fsp3) is 0.344. The van der Waals surface area contributed by atoms with Crippen LogP contribution >= 0.6 is 0 Å². The van der Waals surface area contributed by atoms with Gasteiger partial charge in [0.25, 0.3) is 5.91 Å². The molecule has 4 aromatic rings. The minimum absolute atomic E-state index is 0.121. The lowest BCUT2D eigenvalue weighted by atomic mass is 10.1. The van der Waals surface area contributed by atoms with Crippen molar-refractivity contribution in [3.8, 4) is 5.75 Å². The molecule has 0 bridgehead atoms. The van der Waals surface area contributed by atoms with E-state index in [9.17, 15) is 22.8 Å². The minimum atomic E-state index is -4.63. The molecule has 6 rings (SSSR count). The number of hydrogen-bond donors (Lipinski definition) is 2. The Morgan fingerprint density at radius 2 is 1.80 bits per heavy atom. The SMILES string of the molecule is CCN1CCN(c2cc(C(=O)Nc3cc(OC)cc(N4Cc5cnc6[nH]ccc6c5N(CC)C4=O)c3)cc(C(F)(F)F)c2)CC1. The van der Waals surface area contributed by atoms with Crippen LogP contribution in [0.2, 0.25) is 0 Å². The number of nitrogens with zero attached hydrogens (tertiary/aromatic N) is 5. The van der Waals surface area contributed by atoms with Crippen LogP contribution in [0.15, 0.2) is 54.9 Å². The second-order valence-corrected chi connectivity index (χ2v) is 11.0. The van der Waals surface area contributed by atoms with Gasteiger partial charge in [0.1, 0.15) is 11.4 Å². The van der Waals surface area contributed by atoms with Gasteiger partial charge < -0.3 is 24.8 Å². The molecule has 4 heterocycles. The van der Waals surface area contributed by atoms with Crippen LogP contribution in [0, 0.1) is 0 Å². The third-order valence-corrected chi connectivity index (χ3v) is 8.40. The lowest BCUT2D eigenvalue weighted by Gasteiger charge is -2.37. The van der Waals surface area contributed by atoms with Crippen LogP contribution in [0.4, 0.5) is 40.7 Å². The van der Waals surface area contributed by atoms with Crippen LogP contribution in [-0.2, 0) is 12.7 Å². The van der Waals surface area contributed by atoms with Crippen molar-refractivity contribution in [3.63, 3.8) is 0 Å². The van der Waals surface area contributed by atoms with E-state index in [1.165, 1.54) is 13.2 Å². The van der Waals surface area contributed by atoms with Gasteiger partial charge in [-0.1, -0.05) is 6.92 Å². The van der Waals surface area contributed by atoms with Gasteiger partial charge in [0.2, 0.25) is 0 Å². The predicted molar refractivity (Wildman–Crippen MR) is 167 cm³/mol. The molecule has 0 aliphatic carbocycles. The summed E-state index contributed by atoms with van der Waals surface area (Å²) < 4.78 is 47.3. The Hall–Kier alpha value is -4.78. The summed E-state index contributed by atoms with van der Waals surface area (Å²) in [6.07, 6.45) is -1.12. The zero-order valence-corrected chi connectivity index (χ0v) is 25.2. The summed E-state index contributed by atoms with van der Waals surface area (Å²) in [5, 5.41) is 3.58. The summed E-state index contributed by atoms with van der Waals surface area (Å²) in [5.74, 6) is -0.347. The molecule has 1 saturated heterocycles. The van der Waals surface area contributed by atoms with E-state index < -0.39 is 17.6 Å². The topological polar surface area (TPSA) is 97.0 Å². The zero-order valence-electron chi connectivity index (χ0n) is 25.2. The normalized spacial score (nSPS) is 15.9. The van der Waals surface area contributed by atoms with E-state index in [1.807, 2.05) is 24.8 Å². The number of hydrogen-bond acceptors (Lipinski definition) is 6. The summed E-state index contributed by atoms with van der Waals surface area (Å²) in [4.78, 5) is 42.2. The first-order valence-corrected chi connectivity index (χ1v) is 14.8. The van der Waals surface area contributed by atoms with Crippen LogP contribution in [0.25, 0.3) is 11.0 Å². The lowest BCUT2D eigenvalue weighted by Crippen LogP contribution is -2.47. The average Bonchev–Trinajstić information content (AvgIpc) is 3.53. The molecule has 0 spiro atoms. The van der Waals surface area contributed by atoms with Crippen LogP contribution in [0.3, 0.4) is 0 Å². The van der Waals surface area contributed by atoms with E-state index in [-0.39, 0.29) is 23.8 Å². The van der Waals surface area contributed by atoms with E-state index in [2.05, 4.69) is 20.2 Å². The van der Waals surface area contributed by atoms with Gasteiger partial charge in [-0.3, -0.25) is 14.6 Å². The molecule has 2 aliphatic rings. The van der Waals surface area contributed by atoms with Crippen molar-refractivity contribution in [1.82, 2.24) is 14.9 Å². The highest BCUT2D eigenvalue weighted by Gasteiger charge is 2.34. The number of alkyl halides is 3. The molecule has 0 atom stereocenters. The number of likely N-dealkylation sites (N-methyl/N-ethyl adjacent to an activating group) is 1. The Kier molecular flexibility index (Phi) is 8.04. The molecule has 3 amide bonds. The van der Waals surface area contributed by atoms with Gasteiger partial charge in [-0.15, -0.1) is 0 Å². The number of rotatable bonds is 7. The fourth-order valence-corrected chi connectivity index (χ4v) is 5.99. The molecule has 45 heavy (non-hydrogen) atoms. The molecule has 10 nitrogen and oxygen atoms in total. The minimum Gasteiger partial charge on any atom is -0.497 e. The first kappa shape index (κ1) is 30.3. The molecular weight excluding hydrogens is 587 g/mol. The summed E-state index contributed by atoms with van der Waals surface area (Å²) in [5.41, 5.74) is 2.36. The zero-order chi connectivity index (χ0) is 31.9. The summed E-state index contributed by atoms with van der Waals surface area (Å²) in [6, 6.07) is 9.91. The standard InChI is InChI=1S/C32H34F3N7O3/c1-4-39-8-10-40(11-9-39)24-13-20(12-22(14-24)32(33,34)35)30(43)38-23-15-25(17-26(16-23)45-3)42-19-21-18-37-29-27(6-7-36-29)28(21)41(5-2)31(42)44/h6-7,12-18H,4-5,8-11,19H2,1-3H3,(H,36,37)(H,38,43). The molecule has 2 aromatic heterocycles. The number of nitrogens with one attached hydrogen (secondary N) is 2. The Bertz CT molecular complexity index is 1750. The van der Waals surface area contributed by atoms with E-state index in [1.54, 1.807) is 40.4 Å². The highest BCUT2D eigenvalue weighted by atomic mass is 19.4. The van der Waals surface area contributed by atoms with E-state index in [0.29, 0.717) is 42.4 Å². The third kappa shape index (κ3) is 5.87. The smallest absolute Gasteiger partial charge is 0.416 e. The van der Waals surface area contributed by atoms with Gasteiger partial charge >= 0.3 is 12.2 Å². The molecule has 0 saturated carbocycles. The number of aromatic amines is 1. The number of carbonyl (C=O) groups is 2. The highest BCUT2D eigenvalue weighted by Crippen LogP contribution is 2.38. The van der Waals surface area contributed by atoms with Crippen molar-refractivity contribution in [2.24, 2.45) is 0 Å². The van der Waals surface area contributed by atoms with Crippen molar-refractivity contribution >= 4 is 45.7 Å². The van der Waals surface area contributed by atoms with Crippen molar-refractivity contribution in [3.05, 3.63) is 71.5 Å². The van der Waals surface area contributed by atoms with Gasteiger partial charge in [-0.05, 0) is 43.8 Å². The third-order valence-electron chi connectivity index (χ3n) is 8.40. The number of pyridine rings is 1. The molecule has 2 N–H and O–H groups in total. The molecule has 236 valence electrons. The van der Waals surface area contributed by atoms with Crippen LogP contribution in [0.1, 0.15) is 35.3 Å². The van der Waals surface area contributed by atoms with Crippen molar-refractivity contribution < 1.29 is 27.5 Å². The summed E-state index contributed by atoms with van der Waals surface area (Å²) in [7, 11) is 1.46. The van der Waals surface area contributed by atoms with Gasteiger partial charge in [-0.2, -0.15) is 13.2 Å². The highest BCUT2D eigenvalue weighted by molar-refractivity contribution is 6.12.